The summed E-state index contributed by atoms with van der Waals surface area (Å²) in [5.41, 5.74) is 11.5. The molecule has 0 amide bonds. The molecular weight excluding hydrogens is 496 g/mol. The first-order chi connectivity index (χ1) is 20.0. The average Bonchev–Trinajstić information content (AvgIpc) is 3.02. The van der Waals surface area contributed by atoms with Crippen molar-refractivity contribution in [3.05, 3.63) is 138 Å². The van der Waals surface area contributed by atoms with Crippen LogP contribution < -0.4 is 0 Å². The summed E-state index contributed by atoms with van der Waals surface area (Å²) in [5, 5.41) is 18.5. The molecule has 198 valence electrons. The van der Waals surface area contributed by atoms with Crippen LogP contribution in [0.15, 0.2) is 115 Å². The molecule has 7 rings (SSSR count). The SMILES string of the molecule is Cc1c(C)c(O)c(C)c(-c2c3ccccc3c(-c3ccc(-c4cccc5ccccc45)cc3)c3ccccc23)c1C. The summed E-state index contributed by atoms with van der Waals surface area (Å²) < 4.78 is 0. The van der Waals surface area contributed by atoms with Gasteiger partial charge in [0.2, 0.25) is 0 Å². The zero-order valence-corrected chi connectivity index (χ0v) is 23.9. The van der Waals surface area contributed by atoms with E-state index in [0.29, 0.717) is 5.75 Å². The first-order valence-corrected chi connectivity index (χ1v) is 14.3. The molecule has 7 aromatic carbocycles. The normalized spacial score (nSPS) is 11.5. The lowest BCUT2D eigenvalue weighted by Crippen LogP contribution is -1.99. The minimum atomic E-state index is 0.393. The van der Waals surface area contributed by atoms with Crippen molar-refractivity contribution < 1.29 is 5.11 Å². The lowest BCUT2D eigenvalue weighted by Gasteiger charge is -2.22. The highest BCUT2D eigenvalue weighted by Crippen LogP contribution is 2.47. The summed E-state index contributed by atoms with van der Waals surface area (Å²) in [4.78, 5) is 0. The van der Waals surface area contributed by atoms with E-state index in [-0.39, 0.29) is 0 Å². The maximum absolute atomic E-state index is 11.1. The Morgan fingerprint density at radius 1 is 0.366 bits per heavy atom. The van der Waals surface area contributed by atoms with Crippen LogP contribution in [-0.4, -0.2) is 5.11 Å². The summed E-state index contributed by atoms with van der Waals surface area (Å²) in [6, 6.07) is 41.6. The number of aromatic hydroxyl groups is 1. The predicted molar refractivity (Wildman–Crippen MR) is 176 cm³/mol. The maximum atomic E-state index is 11.1. The minimum Gasteiger partial charge on any atom is -0.507 e. The first-order valence-electron chi connectivity index (χ1n) is 14.3. The van der Waals surface area contributed by atoms with Crippen LogP contribution in [0.2, 0.25) is 0 Å². The second-order valence-corrected chi connectivity index (χ2v) is 11.2. The summed E-state index contributed by atoms with van der Waals surface area (Å²) in [7, 11) is 0. The Balaban J connectivity index is 1.51. The summed E-state index contributed by atoms with van der Waals surface area (Å²) in [6.07, 6.45) is 0. The zero-order valence-electron chi connectivity index (χ0n) is 23.9. The minimum absolute atomic E-state index is 0.393. The van der Waals surface area contributed by atoms with Gasteiger partial charge >= 0.3 is 0 Å². The van der Waals surface area contributed by atoms with Crippen molar-refractivity contribution >= 4 is 32.3 Å². The first kappa shape index (κ1) is 25.1. The van der Waals surface area contributed by atoms with E-state index >= 15 is 0 Å². The van der Waals surface area contributed by atoms with Crippen molar-refractivity contribution in [1.82, 2.24) is 0 Å². The van der Waals surface area contributed by atoms with Gasteiger partial charge in [-0.15, -0.1) is 0 Å². The van der Waals surface area contributed by atoms with Crippen LogP contribution in [0.3, 0.4) is 0 Å². The molecule has 0 radical (unpaired) electrons. The molecule has 7 aromatic rings. The van der Waals surface area contributed by atoms with Crippen molar-refractivity contribution in [2.24, 2.45) is 0 Å². The third-order valence-corrected chi connectivity index (χ3v) is 9.04. The lowest BCUT2D eigenvalue weighted by molar-refractivity contribution is 0.466. The highest BCUT2D eigenvalue weighted by atomic mass is 16.3. The van der Waals surface area contributed by atoms with E-state index in [0.717, 1.165) is 22.3 Å². The second-order valence-electron chi connectivity index (χ2n) is 11.2. The number of fused-ring (bicyclic) bond motifs is 3. The van der Waals surface area contributed by atoms with E-state index in [1.165, 1.54) is 65.7 Å². The molecule has 0 heterocycles. The monoisotopic (exact) mass is 528 g/mol. The number of phenols is 1. The van der Waals surface area contributed by atoms with E-state index in [1.807, 2.05) is 13.8 Å². The van der Waals surface area contributed by atoms with Crippen molar-refractivity contribution in [2.45, 2.75) is 27.7 Å². The standard InChI is InChI=1S/C40H32O/c1-24-25(2)37(27(4)40(41)26(24)3)39-35-17-9-7-15-33(35)38(34-16-8-10-18-36(34)39)30-22-20-29(21-23-30)32-19-11-13-28-12-5-6-14-31(28)32/h5-23,41H,1-4H3. The molecule has 0 bridgehead atoms. The van der Waals surface area contributed by atoms with Gasteiger partial charge in [0.15, 0.2) is 0 Å². The molecule has 1 nitrogen and oxygen atoms in total. The third kappa shape index (κ3) is 3.84. The van der Waals surface area contributed by atoms with Crippen molar-refractivity contribution in [3.63, 3.8) is 0 Å². The van der Waals surface area contributed by atoms with Gasteiger partial charge in [0.25, 0.3) is 0 Å². The van der Waals surface area contributed by atoms with Gasteiger partial charge in [0, 0.05) is 0 Å². The molecule has 0 aromatic heterocycles. The third-order valence-electron chi connectivity index (χ3n) is 9.04. The molecule has 0 fully saturated rings. The summed E-state index contributed by atoms with van der Waals surface area (Å²) in [5.74, 6) is 0.393. The van der Waals surface area contributed by atoms with Gasteiger partial charge in [-0.1, -0.05) is 115 Å². The van der Waals surface area contributed by atoms with Crippen LogP contribution in [-0.2, 0) is 0 Å². The Morgan fingerprint density at radius 2 is 0.854 bits per heavy atom. The number of benzene rings is 7. The highest BCUT2D eigenvalue weighted by molar-refractivity contribution is 6.22. The number of hydrogen-bond acceptors (Lipinski definition) is 1. The molecule has 0 saturated carbocycles. The molecule has 0 aliphatic carbocycles. The Labute approximate surface area is 241 Å². The van der Waals surface area contributed by atoms with Crippen LogP contribution in [0.1, 0.15) is 22.3 Å². The Kier molecular flexibility index (Phi) is 5.91. The smallest absolute Gasteiger partial charge is 0.122 e. The quantitative estimate of drug-likeness (QED) is 0.226. The summed E-state index contributed by atoms with van der Waals surface area (Å²) in [6.45, 7) is 8.36. The fourth-order valence-corrected chi connectivity index (χ4v) is 6.70. The second kappa shape index (κ2) is 9.64. The van der Waals surface area contributed by atoms with Crippen molar-refractivity contribution in [2.75, 3.05) is 0 Å². The molecule has 41 heavy (non-hydrogen) atoms. The zero-order chi connectivity index (χ0) is 28.2. The Morgan fingerprint density at radius 3 is 1.46 bits per heavy atom. The van der Waals surface area contributed by atoms with E-state index in [9.17, 15) is 5.11 Å². The lowest BCUT2D eigenvalue weighted by atomic mass is 9.81. The van der Waals surface area contributed by atoms with Gasteiger partial charge < -0.3 is 5.11 Å². The van der Waals surface area contributed by atoms with Gasteiger partial charge in [0.05, 0.1) is 0 Å². The molecule has 1 N–H and O–H groups in total. The van der Waals surface area contributed by atoms with Crippen molar-refractivity contribution in [3.8, 4) is 39.1 Å². The van der Waals surface area contributed by atoms with Crippen LogP contribution in [0.4, 0.5) is 0 Å². The van der Waals surface area contributed by atoms with Crippen LogP contribution in [0.25, 0.3) is 65.7 Å². The van der Waals surface area contributed by atoms with Crippen LogP contribution in [0.5, 0.6) is 5.75 Å². The fourth-order valence-electron chi connectivity index (χ4n) is 6.70. The topological polar surface area (TPSA) is 20.2 Å². The Hall–Kier alpha value is -4.88. The molecule has 0 aliphatic rings. The molecule has 0 saturated heterocycles. The van der Waals surface area contributed by atoms with Gasteiger partial charge in [-0.25, -0.2) is 0 Å². The molecular formula is C40H32O. The van der Waals surface area contributed by atoms with E-state index in [2.05, 4.69) is 129 Å². The molecule has 1 heteroatoms. The van der Waals surface area contributed by atoms with Crippen LogP contribution >= 0.6 is 0 Å². The van der Waals surface area contributed by atoms with Crippen LogP contribution in [0, 0.1) is 27.7 Å². The molecule has 0 spiro atoms. The maximum Gasteiger partial charge on any atom is 0.122 e. The molecule has 0 unspecified atom stereocenters. The van der Waals surface area contributed by atoms with E-state index in [1.54, 1.807) is 0 Å². The number of phenolic OH excluding ortho intramolecular Hbond substituents is 1. The molecule has 0 aliphatic heterocycles. The van der Waals surface area contributed by atoms with E-state index in [4.69, 9.17) is 0 Å². The Bertz CT molecular complexity index is 2040. The average molecular weight is 529 g/mol. The molecule has 0 atom stereocenters. The number of hydrogen-bond donors (Lipinski definition) is 1. The van der Waals surface area contributed by atoms with Gasteiger partial charge in [-0.3, -0.25) is 0 Å². The predicted octanol–water partition coefficient (Wildman–Crippen LogP) is 11.1. The highest BCUT2D eigenvalue weighted by Gasteiger charge is 2.22. The van der Waals surface area contributed by atoms with E-state index < -0.39 is 0 Å². The number of rotatable bonds is 3. The van der Waals surface area contributed by atoms with Gasteiger partial charge in [-0.05, 0) is 116 Å². The fraction of sp³-hybridized carbons (Fsp3) is 0.100. The van der Waals surface area contributed by atoms with Gasteiger partial charge in [0.1, 0.15) is 5.75 Å². The largest absolute Gasteiger partial charge is 0.507 e. The van der Waals surface area contributed by atoms with Gasteiger partial charge in [-0.2, -0.15) is 0 Å². The van der Waals surface area contributed by atoms with Crippen molar-refractivity contribution in [1.29, 1.82) is 0 Å². The summed E-state index contributed by atoms with van der Waals surface area (Å²) >= 11 is 0.